The number of carbonyl (C=O) groups is 1. The van der Waals surface area contributed by atoms with Crippen LogP contribution in [0.2, 0.25) is 0 Å². The lowest BCUT2D eigenvalue weighted by molar-refractivity contribution is -0.131. The van der Waals surface area contributed by atoms with Gasteiger partial charge in [0.05, 0.1) is 19.1 Å². The summed E-state index contributed by atoms with van der Waals surface area (Å²) in [6.45, 7) is 5.57. The highest BCUT2D eigenvalue weighted by Gasteiger charge is 2.08. The van der Waals surface area contributed by atoms with E-state index in [1.165, 1.54) is 0 Å². The van der Waals surface area contributed by atoms with Gasteiger partial charge in [0.25, 0.3) is 0 Å². The van der Waals surface area contributed by atoms with Gasteiger partial charge in [-0.2, -0.15) is 0 Å². The van der Waals surface area contributed by atoms with Crippen LogP contribution in [0.3, 0.4) is 0 Å². The van der Waals surface area contributed by atoms with Crippen LogP contribution in [0, 0.1) is 0 Å². The minimum atomic E-state index is -0.350. The second-order valence-electron chi connectivity index (χ2n) is 3.82. The quantitative estimate of drug-likeness (QED) is 0.618. The Bertz CT molecular complexity index is 171. The molecule has 1 amide bonds. The first-order valence-electron chi connectivity index (χ1n) is 5.57. The number of hydrogen-bond acceptors (Lipinski definition) is 3. The van der Waals surface area contributed by atoms with E-state index in [-0.39, 0.29) is 12.0 Å². The summed E-state index contributed by atoms with van der Waals surface area (Å²) in [5.41, 5.74) is 0. The van der Waals surface area contributed by atoms with Crippen molar-refractivity contribution in [2.45, 2.75) is 39.2 Å². The second kappa shape index (κ2) is 8.68. The molecule has 0 aliphatic rings. The van der Waals surface area contributed by atoms with Crippen LogP contribution in [0.4, 0.5) is 0 Å². The van der Waals surface area contributed by atoms with Crippen molar-refractivity contribution in [2.75, 3.05) is 26.8 Å². The highest BCUT2D eigenvalue weighted by Crippen LogP contribution is 1.97. The molecule has 0 radical (unpaired) electrons. The average Bonchev–Trinajstić information content (AvgIpc) is 2.20. The predicted molar refractivity (Wildman–Crippen MR) is 59.7 cm³/mol. The van der Waals surface area contributed by atoms with Gasteiger partial charge in [-0.15, -0.1) is 0 Å². The number of rotatable bonds is 8. The van der Waals surface area contributed by atoms with E-state index in [4.69, 9.17) is 9.84 Å². The number of amides is 1. The lowest BCUT2D eigenvalue weighted by Crippen LogP contribution is -2.30. The van der Waals surface area contributed by atoms with Crippen molar-refractivity contribution in [3.63, 3.8) is 0 Å². The first-order valence-corrected chi connectivity index (χ1v) is 5.57. The number of nitrogens with zero attached hydrogens (tertiary/aromatic N) is 1. The van der Waals surface area contributed by atoms with Gasteiger partial charge < -0.3 is 14.7 Å². The third-order valence-corrected chi connectivity index (χ3v) is 2.12. The summed E-state index contributed by atoms with van der Waals surface area (Å²) in [6, 6.07) is 0. The van der Waals surface area contributed by atoms with Crippen molar-refractivity contribution < 1.29 is 14.6 Å². The Morgan fingerprint density at radius 1 is 1.47 bits per heavy atom. The van der Waals surface area contributed by atoms with Crippen molar-refractivity contribution in [3.8, 4) is 0 Å². The molecule has 0 aromatic rings. The molecule has 0 bridgehead atoms. The second-order valence-corrected chi connectivity index (χ2v) is 3.82. The fourth-order valence-electron chi connectivity index (χ4n) is 1.10. The van der Waals surface area contributed by atoms with E-state index in [1.807, 2.05) is 6.92 Å². The first-order chi connectivity index (χ1) is 7.07. The summed E-state index contributed by atoms with van der Waals surface area (Å²) in [5, 5.41) is 9.07. The maximum absolute atomic E-state index is 11.5. The number of aliphatic hydroxyl groups excluding tert-OH is 1. The predicted octanol–water partition coefficient (Wildman–Crippen LogP) is 1.03. The van der Waals surface area contributed by atoms with E-state index in [0.717, 1.165) is 6.42 Å². The summed E-state index contributed by atoms with van der Waals surface area (Å²) in [6.07, 6.45) is 1.68. The number of ether oxygens (including phenoxy) is 1. The van der Waals surface area contributed by atoms with Crippen LogP contribution in [-0.4, -0.2) is 48.8 Å². The van der Waals surface area contributed by atoms with E-state index in [1.54, 1.807) is 18.9 Å². The number of carbonyl (C=O) groups excluding carboxylic acids is 1. The SMILES string of the molecule is CCCOCCC(=O)N(C)CCC(C)O. The zero-order chi connectivity index (χ0) is 11.7. The van der Waals surface area contributed by atoms with Gasteiger partial charge in [0.2, 0.25) is 5.91 Å². The van der Waals surface area contributed by atoms with Crippen LogP contribution in [0.5, 0.6) is 0 Å². The molecule has 1 atom stereocenters. The Labute approximate surface area is 92.2 Å². The van der Waals surface area contributed by atoms with Crippen molar-refractivity contribution in [1.29, 1.82) is 0 Å². The van der Waals surface area contributed by atoms with Gasteiger partial charge in [0, 0.05) is 20.2 Å². The minimum Gasteiger partial charge on any atom is -0.393 e. The molecule has 4 heteroatoms. The van der Waals surface area contributed by atoms with E-state index < -0.39 is 0 Å². The van der Waals surface area contributed by atoms with Crippen LogP contribution >= 0.6 is 0 Å². The molecule has 0 saturated heterocycles. The van der Waals surface area contributed by atoms with Gasteiger partial charge in [-0.3, -0.25) is 4.79 Å². The maximum Gasteiger partial charge on any atom is 0.224 e. The summed E-state index contributed by atoms with van der Waals surface area (Å²) in [4.78, 5) is 13.1. The number of aliphatic hydroxyl groups is 1. The Morgan fingerprint density at radius 2 is 2.13 bits per heavy atom. The largest absolute Gasteiger partial charge is 0.393 e. The minimum absolute atomic E-state index is 0.0757. The molecular weight excluding hydrogens is 194 g/mol. The van der Waals surface area contributed by atoms with Gasteiger partial charge in [-0.05, 0) is 19.8 Å². The van der Waals surface area contributed by atoms with E-state index >= 15 is 0 Å². The molecule has 0 saturated carbocycles. The van der Waals surface area contributed by atoms with Crippen molar-refractivity contribution >= 4 is 5.91 Å². The summed E-state index contributed by atoms with van der Waals surface area (Å²) in [5.74, 6) is 0.0757. The van der Waals surface area contributed by atoms with E-state index in [2.05, 4.69) is 0 Å². The van der Waals surface area contributed by atoms with Gasteiger partial charge in [-0.1, -0.05) is 6.92 Å². The fourth-order valence-corrected chi connectivity index (χ4v) is 1.10. The summed E-state index contributed by atoms with van der Waals surface area (Å²) < 4.78 is 5.23. The third-order valence-electron chi connectivity index (χ3n) is 2.12. The van der Waals surface area contributed by atoms with Crippen LogP contribution in [-0.2, 0) is 9.53 Å². The normalized spacial score (nSPS) is 12.5. The summed E-state index contributed by atoms with van der Waals surface area (Å²) >= 11 is 0. The molecule has 0 heterocycles. The standard InChI is InChI=1S/C11H23NO3/c1-4-8-15-9-6-11(14)12(3)7-5-10(2)13/h10,13H,4-9H2,1-3H3. The molecule has 0 fully saturated rings. The molecule has 0 aromatic carbocycles. The first kappa shape index (κ1) is 14.4. The Kier molecular flexibility index (Phi) is 8.33. The molecule has 0 rings (SSSR count). The molecular formula is C11H23NO3. The number of hydrogen-bond donors (Lipinski definition) is 1. The van der Waals surface area contributed by atoms with Crippen molar-refractivity contribution in [1.82, 2.24) is 4.90 Å². The average molecular weight is 217 g/mol. The van der Waals surface area contributed by atoms with E-state index in [9.17, 15) is 4.79 Å². The van der Waals surface area contributed by atoms with Crippen molar-refractivity contribution in [2.24, 2.45) is 0 Å². The van der Waals surface area contributed by atoms with Gasteiger partial charge in [0.1, 0.15) is 0 Å². The van der Waals surface area contributed by atoms with Crippen LogP contribution in [0.15, 0.2) is 0 Å². The van der Waals surface area contributed by atoms with Gasteiger partial charge in [-0.25, -0.2) is 0 Å². The molecule has 1 N–H and O–H groups in total. The van der Waals surface area contributed by atoms with Crippen LogP contribution in [0.25, 0.3) is 0 Å². The molecule has 4 nitrogen and oxygen atoms in total. The van der Waals surface area contributed by atoms with E-state index in [0.29, 0.717) is 32.6 Å². The molecule has 0 aliphatic heterocycles. The Balaban J connectivity index is 3.51. The lowest BCUT2D eigenvalue weighted by atomic mass is 10.2. The lowest BCUT2D eigenvalue weighted by Gasteiger charge is -2.17. The van der Waals surface area contributed by atoms with Gasteiger partial charge >= 0.3 is 0 Å². The Morgan fingerprint density at radius 3 is 2.67 bits per heavy atom. The summed E-state index contributed by atoms with van der Waals surface area (Å²) in [7, 11) is 1.75. The Hall–Kier alpha value is -0.610. The molecule has 1 unspecified atom stereocenters. The fraction of sp³-hybridized carbons (Fsp3) is 0.909. The molecule has 0 aromatic heterocycles. The zero-order valence-corrected chi connectivity index (χ0v) is 10.0. The van der Waals surface area contributed by atoms with Crippen LogP contribution < -0.4 is 0 Å². The maximum atomic E-state index is 11.5. The topological polar surface area (TPSA) is 49.8 Å². The van der Waals surface area contributed by atoms with Gasteiger partial charge in [0.15, 0.2) is 0 Å². The molecule has 0 spiro atoms. The third kappa shape index (κ3) is 8.39. The van der Waals surface area contributed by atoms with Crippen molar-refractivity contribution in [3.05, 3.63) is 0 Å². The highest BCUT2D eigenvalue weighted by molar-refractivity contribution is 5.75. The molecule has 90 valence electrons. The smallest absolute Gasteiger partial charge is 0.224 e. The van der Waals surface area contributed by atoms with Crippen LogP contribution in [0.1, 0.15) is 33.1 Å². The molecule has 0 aliphatic carbocycles. The zero-order valence-electron chi connectivity index (χ0n) is 10.0. The highest BCUT2D eigenvalue weighted by atomic mass is 16.5. The monoisotopic (exact) mass is 217 g/mol. The molecule has 15 heavy (non-hydrogen) atoms.